The van der Waals surface area contributed by atoms with E-state index in [2.05, 4.69) is 19.2 Å². The summed E-state index contributed by atoms with van der Waals surface area (Å²) in [7, 11) is 0. The third-order valence-electron chi connectivity index (χ3n) is 12.6. The summed E-state index contributed by atoms with van der Waals surface area (Å²) in [6.07, 6.45) is 16.3. The molecule has 1 aromatic carbocycles. The van der Waals surface area contributed by atoms with E-state index in [1.807, 2.05) is 0 Å². The van der Waals surface area contributed by atoms with Gasteiger partial charge in [-0.2, -0.15) is 0 Å². The smallest absolute Gasteiger partial charge is 0.340 e. The first kappa shape index (κ1) is 28.5. The quantitative estimate of drug-likeness (QED) is 0.335. The van der Waals surface area contributed by atoms with Crippen LogP contribution in [-0.2, 0) is 16.0 Å². The molecule has 41 heavy (non-hydrogen) atoms. The number of carbonyl (C=O) groups excluding carboxylic acids is 1. The topological polar surface area (TPSA) is 96.6 Å². The Bertz CT molecular complexity index is 1390. The van der Waals surface area contributed by atoms with E-state index in [-0.39, 0.29) is 17.9 Å². The standard InChI is InChI=1S/C35H47NO5/c1-21-25-14-12-24(19-30(25)41-33(40)27(21)20-32(38)39)36-31(37)9-6-8-23-11-15-28-26-13-10-22-7-4-5-17-34(22,2)29(26)16-18-35(23,28)3/h12,14,19,22-23,26,28-29H,4-11,13,15-18,20H2,1-3H3,(H,36,37)(H,38,39). The number of carbonyl (C=O) groups is 2. The lowest BCUT2D eigenvalue weighted by Crippen LogP contribution is -2.52. The van der Waals surface area contributed by atoms with Crippen molar-refractivity contribution in [2.45, 2.75) is 111 Å². The number of aryl methyl sites for hydroxylation is 1. The fourth-order valence-electron chi connectivity index (χ4n) is 10.4. The van der Waals surface area contributed by atoms with E-state index >= 15 is 0 Å². The van der Waals surface area contributed by atoms with Gasteiger partial charge in [-0.1, -0.05) is 26.7 Å². The maximum Gasteiger partial charge on any atom is 0.340 e. The zero-order valence-electron chi connectivity index (χ0n) is 25.1. The van der Waals surface area contributed by atoms with E-state index in [1.54, 1.807) is 25.1 Å². The second kappa shape index (κ2) is 10.9. The molecule has 1 aromatic heterocycles. The Hall–Kier alpha value is -2.63. The number of carboxylic acid groups (broad SMARTS) is 1. The number of anilines is 1. The molecule has 0 spiro atoms. The Balaban J connectivity index is 1.05. The Morgan fingerprint density at radius 2 is 1.80 bits per heavy atom. The number of hydrogen-bond acceptors (Lipinski definition) is 4. The molecule has 222 valence electrons. The zero-order chi connectivity index (χ0) is 28.9. The molecular weight excluding hydrogens is 514 g/mol. The van der Waals surface area contributed by atoms with Crippen LogP contribution in [0, 0.1) is 47.3 Å². The molecule has 0 saturated heterocycles. The molecule has 0 aliphatic heterocycles. The maximum atomic E-state index is 12.9. The van der Waals surface area contributed by atoms with E-state index < -0.39 is 11.6 Å². The molecule has 6 rings (SSSR count). The number of benzene rings is 1. The molecule has 2 aromatic rings. The van der Waals surface area contributed by atoms with E-state index in [0.29, 0.717) is 39.5 Å². The molecular formula is C35H47NO5. The van der Waals surface area contributed by atoms with Crippen LogP contribution in [0.15, 0.2) is 27.4 Å². The predicted molar refractivity (Wildman–Crippen MR) is 161 cm³/mol. The summed E-state index contributed by atoms with van der Waals surface area (Å²) in [4.78, 5) is 36.4. The molecule has 4 aliphatic carbocycles. The molecule has 4 fully saturated rings. The van der Waals surface area contributed by atoms with Crippen LogP contribution in [0.1, 0.15) is 108 Å². The van der Waals surface area contributed by atoms with Gasteiger partial charge in [0.25, 0.3) is 0 Å². The normalized spacial score (nSPS) is 34.5. The van der Waals surface area contributed by atoms with Crippen molar-refractivity contribution >= 4 is 28.5 Å². The van der Waals surface area contributed by atoms with Gasteiger partial charge in [-0.05, 0) is 129 Å². The number of amides is 1. The SMILES string of the molecule is Cc1c(CC(=O)O)c(=O)oc2cc(NC(=O)CCCC3CCC4C5CCC6CCCCC6(C)C5CCC34C)ccc12. The largest absolute Gasteiger partial charge is 0.481 e. The highest BCUT2D eigenvalue weighted by Crippen LogP contribution is 2.67. The van der Waals surface area contributed by atoms with Crippen molar-refractivity contribution in [2.75, 3.05) is 5.32 Å². The van der Waals surface area contributed by atoms with Gasteiger partial charge in [0.05, 0.1) is 12.0 Å². The van der Waals surface area contributed by atoms with Gasteiger partial charge < -0.3 is 14.8 Å². The second-order valence-electron chi connectivity index (χ2n) is 14.4. The maximum absolute atomic E-state index is 12.9. The number of rotatable bonds is 7. The van der Waals surface area contributed by atoms with E-state index in [9.17, 15) is 14.4 Å². The molecule has 7 unspecified atom stereocenters. The predicted octanol–water partition coefficient (Wildman–Crippen LogP) is 7.89. The summed E-state index contributed by atoms with van der Waals surface area (Å²) >= 11 is 0. The summed E-state index contributed by atoms with van der Waals surface area (Å²) in [6, 6.07) is 5.24. The van der Waals surface area contributed by atoms with Crippen LogP contribution in [0.2, 0.25) is 0 Å². The van der Waals surface area contributed by atoms with Crippen molar-refractivity contribution < 1.29 is 19.1 Å². The average Bonchev–Trinajstić information content (AvgIpc) is 3.26. The summed E-state index contributed by atoms with van der Waals surface area (Å²) in [6.45, 7) is 6.98. The van der Waals surface area contributed by atoms with Gasteiger partial charge in [0.15, 0.2) is 0 Å². The molecule has 2 N–H and O–H groups in total. The first-order valence-corrected chi connectivity index (χ1v) is 16.2. The fourth-order valence-corrected chi connectivity index (χ4v) is 10.4. The summed E-state index contributed by atoms with van der Waals surface area (Å²) in [5.41, 5.74) is 2.10. The van der Waals surface area contributed by atoms with E-state index in [1.165, 1.54) is 64.2 Å². The Morgan fingerprint density at radius 3 is 2.61 bits per heavy atom. The lowest BCUT2D eigenvalue weighted by atomic mass is 9.45. The molecule has 0 radical (unpaired) electrons. The first-order valence-electron chi connectivity index (χ1n) is 16.2. The van der Waals surface area contributed by atoms with Gasteiger partial charge in [0, 0.05) is 23.6 Å². The van der Waals surface area contributed by atoms with Crippen LogP contribution in [0.25, 0.3) is 11.0 Å². The van der Waals surface area contributed by atoms with Crippen molar-refractivity contribution in [2.24, 2.45) is 40.4 Å². The second-order valence-corrected chi connectivity index (χ2v) is 14.4. The highest BCUT2D eigenvalue weighted by molar-refractivity contribution is 5.93. The molecule has 4 aliphatic rings. The minimum atomic E-state index is -1.07. The van der Waals surface area contributed by atoms with Crippen molar-refractivity contribution in [3.63, 3.8) is 0 Å². The van der Waals surface area contributed by atoms with Gasteiger partial charge in [0.2, 0.25) is 5.91 Å². The third kappa shape index (κ3) is 5.03. The number of carboxylic acids is 1. The van der Waals surface area contributed by atoms with E-state index in [0.717, 1.165) is 42.4 Å². The van der Waals surface area contributed by atoms with Crippen molar-refractivity contribution in [3.05, 3.63) is 39.7 Å². The number of aliphatic carboxylic acids is 1. The van der Waals surface area contributed by atoms with Crippen molar-refractivity contribution in [1.29, 1.82) is 0 Å². The monoisotopic (exact) mass is 561 g/mol. The number of hydrogen-bond donors (Lipinski definition) is 2. The van der Waals surface area contributed by atoms with Crippen molar-refractivity contribution in [1.82, 2.24) is 0 Å². The van der Waals surface area contributed by atoms with Crippen LogP contribution in [-0.4, -0.2) is 17.0 Å². The number of nitrogens with one attached hydrogen (secondary N) is 1. The minimum Gasteiger partial charge on any atom is -0.481 e. The van der Waals surface area contributed by atoms with Gasteiger partial charge >= 0.3 is 11.6 Å². The number of fused-ring (bicyclic) bond motifs is 6. The van der Waals surface area contributed by atoms with Crippen LogP contribution in [0.4, 0.5) is 5.69 Å². The molecule has 0 bridgehead atoms. The molecule has 1 amide bonds. The van der Waals surface area contributed by atoms with Crippen molar-refractivity contribution in [3.8, 4) is 0 Å². The summed E-state index contributed by atoms with van der Waals surface area (Å²) in [5, 5.41) is 12.8. The van der Waals surface area contributed by atoms with Gasteiger partial charge in [-0.25, -0.2) is 4.79 Å². The Labute approximate surface area is 243 Å². The zero-order valence-corrected chi connectivity index (χ0v) is 25.1. The van der Waals surface area contributed by atoms with Gasteiger partial charge in [0.1, 0.15) is 5.58 Å². The Kier molecular flexibility index (Phi) is 7.57. The van der Waals surface area contributed by atoms with Crippen LogP contribution in [0.5, 0.6) is 0 Å². The molecule has 4 saturated carbocycles. The summed E-state index contributed by atoms with van der Waals surface area (Å²) in [5.74, 6) is 3.32. The average molecular weight is 562 g/mol. The van der Waals surface area contributed by atoms with Crippen LogP contribution >= 0.6 is 0 Å². The van der Waals surface area contributed by atoms with E-state index in [4.69, 9.17) is 9.52 Å². The fraction of sp³-hybridized carbons (Fsp3) is 0.686. The molecule has 6 nitrogen and oxygen atoms in total. The highest BCUT2D eigenvalue weighted by Gasteiger charge is 2.59. The van der Waals surface area contributed by atoms with Crippen LogP contribution < -0.4 is 10.9 Å². The third-order valence-corrected chi connectivity index (χ3v) is 12.6. The minimum absolute atomic E-state index is 0.0159. The highest BCUT2D eigenvalue weighted by atomic mass is 16.4. The molecule has 1 heterocycles. The summed E-state index contributed by atoms with van der Waals surface area (Å²) < 4.78 is 5.41. The lowest BCUT2D eigenvalue weighted by Gasteiger charge is -2.60. The van der Waals surface area contributed by atoms with Gasteiger partial charge in [-0.3, -0.25) is 9.59 Å². The lowest BCUT2D eigenvalue weighted by molar-refractivity contribution is -0.136. The van der Waals surface area contributed by atoms with Crippen LogP contribution in [0.3, 0.4) is 0 Å². The van der Waals surface area contributed by atoms with Gasteiger partial charge in [-0.15, -0.1) is 0 Å². The Morgan fingerprint density at radius 1 is 1.00 bits per heavy atom. The first-order chi connectivity index (χ1) is 19.6. The molecule has 6 heteroatoms. The molecule has 7 atom stereocenters.